The van der Waals surface area contributed by atoms with Gasteiger partial charge in [0.15, 0.2) is 5.78 Å². The lowest BCUT2D eigenvalue weighted by Gasteiger charge is -2.21. The van der Waals surface area contributed by atoms with Crippen LogP contribution in [0.2, 0.25) is 0 Å². The van der Waals surface area contributed by atoms with Crippen LogP contribution in [0.1, 0.15) is 19.8 Å². The van der Waals surface area contributed by atoms with E-state index in [0.29, 0.717) is 0 Å². The molecule has 84 valence electrons. The lowest BCUT2D eigenvalue weighted by Crippen LogP contribution is -2.17. The summed E-state index contributed by atoms with van der Waals surface area (Å²) in [6.07, 6.45) is 3.84. The summed E-state index contributed by atoms with van der Waals surface area (Å²) in [7, 11) is 0. The molecule has 0 unspecified atom stereocenters. The first kappa shape index (κ1) is 11.4. The van der Waals surface area contributed by atoms with E-state index in [4.69, 9.17) is 0 Å². The largest absolute Gasteiger partial charge is 0.344 e. The Kier molecular flexibility index (Phi) is 3.44. The van der Waals surface area contributed by atoms with Crippen molar-refractivity contribution in [2.24, 2.45) is 0 Å². The number of hydrogen-bond acceptors (Lipinski definition) is 2. The van der Waals surface area contributed by atoms with Gasteiger partial charge in [-0.05, 0) is 47.8 Å². The molecule has 2 rings (SSSR count). The van der Waals surface area contributed by atoms with Crippen LogP contribution in [-0.2, 0) is 4.79 Å². The van der Waals surface area contributed by atoms with Gasteiger partial charge in [-0.2, -0.15) is 0 Å². The summed E-state index contributed by atoms with van der Waals surface area (Å²) in [6.45, 7) is 2.59. The number of para-hydroxylation sites is 1. The minimum Gasteiger partial charge on any atom is -0.344 e. The zero-order valence-corrected chi connectivity index (χ0v) is 10.8. The Morgan fingerprint density at radius 2 is 2.19 bits per heavy atom. The Balaban J connectivity index is 2.34. The first-order chi connectivity index (χ1) is 7.68. The number of carbonyl (C=O) groups is 1. The van der Waals surface area contributed by atoms with Crippen molar-refractivity contribution in [3.05, 3.63) is 40.5 Å². The van der Waals surface area contributed by atoms with Gasteiger partial charge >= 0.3 is 0 Å². The van der Waals surface area contributed by atoms with E-state index < -0.39 is 0 Å². The predicted molar refractivity (Wildman–Crippen MR) is 69.5 cm³/mol. The summed E-state index contributed by atoms with van der Waals surface area (Å²) in [5, 5.41) is 0. The molecule has 0 saturated carbocycles. The van der Waals surface area contributed by atoms with Crippen LogP contribution >= 0.6 is 15.9 Å². The third kappa shape index (κ3) is 2.35. The Morgan fingerprint density at radius 1 is 1.44 bits per heavy atom. The number of hydrogen-bond donors (Lipinski definition) is 0. The molecule has 1 heterocycles. The van der Waals surface area contributed by atoms with E-state index in [0.717, 1.165) is 35.2 Å². The molecule has 0 bridgehead atoms. The first-order valence-electron chi connectivity index (χ1n) is 5.41. The molecule has 0 radical (unpaired) electrons. The average molecular weight is 280 g/mol. The van der Waals surface area contributed by atoms with Gasteiger partial charge < -0.3 is 4.90 Å². The molecule has 1 saturated heterocycles. The molecule has 0 amide bonds. The van der Waals surface area contributed by atoms with E-state index in [1.54, 1.807) is 13.0 Å². The zero-order valence-electron chi connectivity index (χ0n) is 9.24. The number of anilines is 1. The van der Waals surface area contributed by atoms with Crippen LogP contribution in [0.15, 0.2) is 40.5 Å². The number of benzene rings is 1. The van der Waals surface area contributed by atoms with E-state index in [1.807, 2.05) is 18.2 Å². The third-order valence-corrected chi connectivity index (χ3v) is 3.35. The maximum absolute atomic E-state index is 11.1. The van der Waals surface area contributed by atoms with Crippen LogP contribution < -0.4 is 4.90 Å². The maximum Gasteiger partial charge on any atom is 0.154 e. The second-order valence-electron chi connectivity index (χ2n) is 3.95. The van der Waals surface area contributed by atoms with Crippen molar-refractivity contribution in [1.82, 2.24) is 0 Å². The molecule has 0 N–H and O–H groups in total. The van der Waals surface area contributed by atoms with Crippen molar-refractivity contribution in [2.45, 2.75) is 19.8 Å². The molecule has 16 heavy (non-hydrogen) atoms. The average Bonchev–Trinajstić information content (AvgIpc) is 2.66. The molecule has 1 aromatic rings. The smallest absolute Gasteiger partial charge is 0.154 e. The molecule has 0 atom stereocenters. The van der Waals surface area contributed by atoms with Gasteiger partial charge in [-0.15, -0.1) is 0 Å². The monoisotopic (exact) mass is 279 g/mol. The van der Waals surface area contributed by atoms with E-state index in [2.05, 4.69) is 26.9 Å². The highest BCUT2D eigenvalue weighted by Gasteiger charge is 2.20. The molecule has 1 fully saturated rings. The van der Waals surface area contributed by atoms with E-state index in [9.17, 15) is 4.79 Å². The van der Waals surface area contributed by atoms with Gasteiger partial charge in [0.1, 0.15) is 0 Å². The molecule has 2 nitrogen and oxygen atoms in total. The fourth-order valence-electron chi connectivity index (χ4n) is 2.03. The maximum atomic E-state index is 11.1. The summed E-state index contributed by atoms with van der Waals surface area (Å²) in [5.74, 6) is 0.119. The van der Waals surface area contributed by atoms with Gasteiger partial charge in [-0.3, -0.25) is 4.79 Å². The number of nitrogens with zero attached hydrogens (tertiary/aromatic N) is 1. The molecular weight excluding hydrogens is 266 g/mol. The summed E-state index contributed by atoms with van der Waals surface area (Å²) in [4.78, 5) is 13.4. The van der Waals surface area contributed by atoms with Crippen molar-refractivity contribution in [2.75, 3.05) is 11.4 Å². The highest BCUT2D eigenvalue weighted by molar-refractivity contribution is 9.10. The summed E-state index contributed by atoms with van der Waals surface area (Å²) in [6, 6.07) is 8.12. The van der Waals surface area contributed by atoms with Crippen LogP contribution in [0.4, 0.5) is 5.69 Å². The minimum absolute atomic E-state index is 0.119. The standard InChI is InChI=1S/C13H14BrNO/c1-10(16)9-11-5-4-8-15(11)13-7-3-2-6-12(13)14/h2-3,6-7,9H,4-5,8H2,1H3/b11-9+. The van der Waals surface area contributed by atoms with Gasteiger partial charge in [0, 0.05) is 22.8 Å². The summed E-state index contributed by atoms with van der Waals surface area (Å²) >= 11 is 3.55. The Labute approximate surface area is 104 Å². The van der Waals surface area contributed by atoms with Crippen LogP contribution in [-0.4, -0.2) is 12.3 Å². The molecular formula is C13H14BrNO. The van der Waals surface area contributed by atoms with Gasteiger partial charge in [0.2, 0.25) is 0 Å². The van der Waals surface area contributed by atoms with Gasteiger partial charge in [-0.25, -0.2) is 0 Å². The number of rotatable bonds is 2. The number of ketones is 1. The van der Waals surface area contributed by atoms with E-state index in [1.165, 1.54) is 0 Å². The van der Waals surface area contributed by atoms with Crippen LogP contribution in [0.5, 0.6) is 0 Å². The highest BCUT2D eigenvalue weighted by atomic mass is 79.9. The molecule has 0 aromatic heterocycles. The fourth-order valence-corrected chi connectivity index (χ4v) is 2.53. The van der Waals surface area contributed by atoms with Crippen LogP contribution in [0.25, 0.3) is 0 Å². The van der Waals surface area contributed by atoms with Crippen molar-refractivity contribution >= 4 is 27.4 Å². The number of carbonyl (C=O) groups excluding carboxylic acids is 1. The van der Waals surface area contributed by atoms with E-state index >= 15 is 0 Å². The summed E-state index contributed by atoms with van der Waals surface area (Å²) in [5.41, 5.74) is 2.27. The lowest BCUT2D eigenvalue weighted by atomic mass is 10.2. The Morgan fingerprint density at radius 3 is 2.88 bits per heavy atom. The Bertz CT molecular complexity index is 439. The summed E-state index contributed by atoms with van der Waals surface area (Å²) < 4.78 is 1.08. The molecule has 1 aliphatic rings. The van der Waals surface area contributed by atoms with Crippen LogP contribution in [0, 0.1) is 0 Å². The molecule has 3 heteroatoms. The third-order valence-electron chi connectivity index (χ3n) is 2.67. The van der Waals surface area contributed by atoms with Crippen molar-refractivity contribution in [1.29, 1.82) is 0 Å². The quantitative estimate of drug-likeness (QED) is 0.772. The first-order valence-corrected chi connectivity index (χ1v) is 6.21. The highest BCUT2D eigenvalue weighted by Crippen LogP contribution is 2.33. The number of allylic oxidation sites excluding steroid dienone is 2. The van der Waals surface area contributed by atoms with Crippen molar-refractivity contribution in [3.8, 4) is 0 Å². The van der Waals surface area contributed by atoms with Gasteiger partial charge in [-0.1, -0.05) is 12.1 Å². The fraction of sp³-hybridized carbons (Fsp3) is 0.308. The Hall–Kier alpha value is -1.09. The molecule has 0 spiro atoms. The molecule has 0 aliphatic carbocycles. The topological polar surface area (TPSA) is 20.3 Å². The number of halogens is 1. The second-order valence-corrected chi connectivity index (χ2v) is 4.81. The normalized spacial score (nSPS) is 18.1. The minimum atomic E-state index is 0.119. The van der Waals surface area contributed by atoms with Gasteiger partial charge in [0.05, 0.1) is 5.69 Å². The van der Waals surface area contributed by atoms with Gasteiger partial charge in [0.25, 0.3) is 0 Å². The molecule has 1 aliphatic heterocycles. The van der Waals surface area contributed by atoms with Crippen molar-refractivity contribution < 1.29 is 4.79 Å². The molecule has 1 aromatic carbocycles. The predicted octanol–water partition coefficient (Wildman–Crippen LogP) is 3.52. The van der Waals surface area contributed by atoms with Crippen molar-refractivity contribution in [3.63, 3.8) is 0 Å². The van der Waals surface area contributed by atoms with E-state index in [-0.39, 0.29) is 5.78 Å². The second kappa shape index (κ2) is 4.83. The SMILES string of the molecule is CC(=O)/C=C1\CCCN1c1ccccc1Br. The zero-order chi connectivity index (χ0) is 11.5. The lowest BCUT2D eigenvalue weighted by molar-refractivity contribution is -0.112. The van der Waals surface area contributed by atoms with Crippen LogP contribution in [0.3, 0.4) is 0 Å².